The fourth-order valence-corrected chi connectivity index (χ4v) is 3.80. The zero-order valence-electron chi connectivity index (χ0n) is 14.1. The Morgan fingerprint density at radius 1 is 1.44 bits per heavy atom. The monoisotopic (exact) mass is 359 g/mol. The molecule has 7 heteroatoms. The molecule has 2 aromatic rings. The average Bonchev–Trinajstić information content (AvgIpc) is 3.32. The molecule has 3 rings (SSSR count). The number of aromatic nitrogens is 1. The molecule has 1 saturated heterocycles. The van der Waals surface area contributed by atoms with Crippen molar-refractivity contribution >= 4 is 23.2 Å². The number of ether oxygens (including phenoxy) is 1. The van der Waals surface area contributed by atoms with Gasteiger partial charge < -0.3 is 15.0 Å². The summed E-state index contributed by atoms with van der Waals surface area (Å²) in [5.74, 6) is 0.486. The number of hydrogen-bond acceptors (Lipinski definition) is 5. The van der Waals surface area contributed by atoms with Gasteiger partial charge in [0.1, 0.15) is 10.8 Å². The van der Waals surface area contributed by atoms with Crippen molar-refractivity contribution in [2.24, 2.45) is 0 Å². The van der Waals surface area contributed by atoms with Crippen LogP contribution in [-0.2, 0) is 4.79 Å². The maximum Gasteiger partial charge on any atom is 0.251 e. The molecule has 0 spiro atoms. The summed E-state index contributed by atoms with van der Waals surface area (Å²) in [6.07, 6.45) is 4.01. The first-order valence-electron chi connectivity index (χ1n) is 8.30. The van der Waals surface area contributed by atoms with E-state index in [1.165, 1.54) is 0 Å². The fraction of sp³-hybridized carbons (Fsp3) is 0.389. The van der Waals surface area contributed by atoms with Crippen molar-refractivity contribution in [3.05, 3.63) is 46.4 Å². The van der Waals surface area contributed by atoms with Crippen LogP contribution < -0.4 is 10.1 Å². The minimum atomic E-state index is -0.204. The van der Waals surface area contributed by atoms with Gasteiger partial charge in [0.25, 0.3) is 5.91 Å². The molecule has 1 N–H and O–H groups in total. The van der Waals surface area contributed by atoms with Crippen LogP contribution in [0.4, 0.5) is 0 Å². The van der Waals surface area contributed by atoms with E-state index in [0.29, 0.717) is 17.9 Å². The van der Waals surface area contributed by atoms with Crippen LogP contribution >= 0.6 is 11.3 Å². The quantitative estimate of drug-likeness (QED) is 0.861. The second-order valence-corrected chi connectivity index (χ2v) is 6.78. The van der Waals surface area contributed by atoms with E-state index >= 15 is 0 Å². The van der Waals surface area contributed by atoms with Gasteiger partial charge in [-0.25, -0.2) is 4.98 Å². The van der Waals surface area contributed by atoms with Gasteiger partial charge in [0.2, 0.25) is 5.91 Å². The number of methoxy groups -OCH3 is 1. The first-order valence-corrected chi connectivity index (χ1v) is 9.18. The van der Waals surface area contributed by atoms with E-state index < -0.39 is 0 Å². The Kier molecular flexibility index (Phi) is 5.65. The lowest BCUT2D eigenvalue weighted by Crippen LogP contribution is -2.34. The van der Waals surface area contributed by atoms with Crippen molar-refractivity contribution in [1.29, 1.82) is 0 Å². The topological polar surface area (TPSA) is 71.5 Å². The second kappa shape index (κ2) is 8.11. The zero-order chi connectivity index (χ0) is 17.6. The number of amides is 2. The number of rotatable bonds is 6. The third-order valence-corrected chi connectivity index (χ3v) is 5.14. The Labute approximate surface area is 150 Å². The summed E-state index contributed by atoms with van der Waals surface area (Å²) in [6.45, 7) is 1.07. The van der Waals surface area contributed by atoms with Crippen LogP contribution in [0.15, 0.2) is 35.8 Å². The van der Waals surface area contributed by atoms with E-state index in [2.05, 4.69) is 10.3 Å². The summed E-state index contributed by atoms with van der Waals surface area (Å²) in [5, 5.41) is 5.73. The summed E-state index contributed by atoms with van der Waals surface area (Å²) < 4.78 is 5.12. The van der Waals surface area contributed by atoms with Crippen molar-refractivity contribution < 1.29 is 14.3 Å². The molecule has 0 saturated carbocycles. The molecule has 132 valence electrons. The third kappa shape index (κ3) is 4.17. The largest absolute Gasteiger partial charge is 0.497 e. The number of thiazole rings is 1. The normalized spacial score (nSPS) is 16.7. The zero-order valence-corrected chi connectivity index (χ0v) is 14.9. The average molecular weight is 359 g/mol. The molecule has 0 radical (unpaired) electrons. The molecule has 0 bridgehead atoms. The highest BCUT2D eigenvalue weighted by Gasteiger charge is 2.31. The molecule has 1 fully saturated rings. The molecule has 0 aliphatic carbocycles. The van der Waals surface area contributed by atoms with Crippen molar-refractivity contribution in [2.75, 3.05) is 20.2 Å². The minimum absolute atomic E-state index is 0.0589. The van der Waals surface area contributed by atoms with Gasteiger partial charge in [0.05, 0.1) is 13.2 Å². The van der Waals surface area contributed by atoms with Gasteiger partial charge in [-0.15, -0.1) is 11.3 Å². The van der Waals surface area contributed by atoms with Crippen LogP contribution in [0.3, 0.4) is 0 Å². The molecule has 1 aromatic carbocycles. The molecule has 25 heavy (non-hydrogen) atoms. The minimum Gasteiger partial charge on any atom is -0.497 e. The predicted molar refractivity (Wildman–Crippen MR) is 95.7 cm³/mol. The highest BCUT2D eigenvalue weighted by molar-refractivity contribution is 7.09. The predicted octanol–water partition coefficient (Wildman–Crippen LogP) is 2.64. The highest BCUT2D eigenvalue weighted by Crippen LogP contribution is 2.33. The molecule has 1 aromatic heterocycles. The molecule has 1 atom stereocenters. The Bertz CT molecular complexity index is 733. The van der Waals surface area contributed by atoms with Gasteiger partial charge in [-0.1, -0.05) is 6.07 Å². The Morgan fingerprint density at radius 2 is 2.32 bits per heavy atom. The number of benzene rings is 1. The molecule has 2 amide bonds. The smallest absolute Gasteiger partial charge is 0.251 e. The van der Waals surface area contributed by atoms with Gasteiger partial charge >= 0.3 is 0 Å². The first-order chi connectivity index (χ1) is 12.2. The molecule has 1 unspecified atom stereocenters. The van der Waals surface area contributed by atoms with Crippen LogP contribution in [0, 0.1) is 0 Å². The lowest BCUT2D eigenvalue weighted by Gasteiger charge is -2.23. The van der Waals surface area contributed by atoms with Crippen LogP contribution in [-0.4, -0.2) is 41.9 Å². The van der Waals surface area contributed by atoms with E-state index in [9.17, 15) is 9.59 Å². The first kappa shape index (κ1) is 17.4. The number of nitrogens with zero attached hydrogens (tertiary/aromatic N) is 2. The molecular formula is C18H21N3O3S. The van der Waals surface area contributed by atoms with Gasteiger partial charge in [-0.3, -0.25) is 9.59 Å². The van der Waals surface area contributed by atoms with Gasteiger partial charge in [0, 0.05) is 36.7 Å². The highest BCUT2D eigenvalue weighted by atomic mass is 32.1. The van der Waals surface area contributed by atoms with Gasteiger partial charge in [-0.05, 0) is 31.0 Å². The van der Waals surface area contributed by atoms with Crippen molar-refractivity contribution in [1.82, 2.24) is 15.2 Å². The lowest BCUT2D eigenvalue weighted by atomic mass is 10.2. The Balaban J connectivity index is 1.51. The van der Waals surface area contributed by atoms with E-state index in [0.717, 1.165) is 24.4 Å². The number of likely N-dealkylation sites (tertiary alicyclic amines) is 1. The second-order valence-electron chi connectivity index (χ2n) is 5.85. The van der Waals surface area contributed by atoms with E-state index in [4.69, 9.17) is 4.74 Å². The van der Waals surface area contributed by atoms with Crippen LogP contribution in [0.5, 0.6) is 5.75 Å². The molecule has 1 aliphatic rings. The lowest BCUT2D eigenvalue weighted by molar-refractivity contribution is -0.132. The Hall–Kier alpha value is -2.41. The summed E-state index contributed by atoms with van der Waals surface area (Å²) in [5.41, 5.74) is 0.522. The standard InChI is InChI=1S/C18H21N3O3S/c1-24-14-5-2-4-13(12-14)17(23)19-8-7-16(22)21-10-3-6-15(21)18-20-9-11-25-18/h2,4-5,9,11-12,15H,3,6-8,10H2,1H3,(H,19,23). The number of nitrogens with one attached hydrogen (secondary N) is 1. The number of carbonyl (C=O) groups is 2. The molecule has 6 nitrogen and oxygen atoms in total. The van der Waals surface area contributed by atoms with E-state index in [1.54, 1.807) is 48.9 Å². The number of carbonyl (C=O) groups excluding carboxylic acids is 2. The summed E-state index contributed by atoms with van der Waals surface area (Å²) >= 11 is 1.58. The van der Waals surface area contributed by atoms with Crippen molar-refractivity contribution in [3.63, 3.8) is 0 Å². The third-order valence-electron chi connectivity index (χ3n) is 4.27. The van der Waals surface area contributed by atoms with Crippen molar-refractivity contribution in [3.8, 4) is 5.75 Å². The molecule has 2 heterocycles. The van der Waals surface area contributed by atoms with Crippen molar-refractivity contribution in [2.45, 2.75) is 25.3 Å². The van der Waals surface area contributed by atoms with Crippen LogP contribution in [0.1, 0.15) is 40.7 Å². The Morgan fingerprint density at radius 3 is 3.08 bits per heavy atom. The SMILES string of the molecule is COc1cccc(C(=O)NCCC(=O)N2CCCC2c2nccs2)c1. The molecule has 1 aliphatic heterocycles. The number of hydrogen-bond donors (Lipinski definition) is 1. The van der Waals surface area contributed by atoms with Gasteiger partial charge in [-0.2, -0.15) is 0 Å². The molecular weight excluding hydrogens is 338 g/mol. The summed E-state index contributed by atoms with van der Waals surface area (Å²) in [6, 6.07) is 7.03. The van der Waals surface area contributed by atoms with E-state index in [-0.39, 0.29) is 24.3 Å². The van der Waals surface area contributed by atoms with Crippen LogP contribution in [0.25, 0.3) is 0 Å². The van der Waals surface area contributed by atoms with Gasteiger partial charge in [0.15, 0.2) is 0 Å². The summed E-state index contributed by atoms with van der Waals surface area (Å²) in [4.78, 5) is 30.9. The maximum absolute atomic E-state index is 12.5. The summed E-state index contributed by atoms with van der Waals surface area (Å²) in [7, 11) is 1.56. The van der Waals surface area contributed by atoms with Crippen LogP contribution in [0.2, 0.25) is 0 Å². The maximum atomic E-state index is 12.5. The fourth-order valence-electron chi connectivity index (χ4n) is 3.01. The van der Waals surface area contributed by atoms with E-state index in [1.807, 2.05) is 10.3 Å².